The summed E-state index contributed by atoms with van der Waals surface area (Å²) in [4.78, 5) is 0. The molecule has 0 aliphatic heterocycles. The smallest absolute Gasteiger partial charge is 0.152 e. The molecule has 0 aliphatic carbocycles. The van der Waals surface area contributed by atoms with Crippen LogP contribution in [0.4, 0.5) is 4.39 Å². The summed E-state index contributed by atoms with van der Waals surface area (Å²) < 4.78 is 18.8. The molecule has 14 heavy (non-hydrogen) atoms. The van der Waals surface area contributed by atoms with E-state index in [0.717, 1.165) is 0 Å². The number of benzene rings is 1. The van der Waals surface area contributed by atoms with Crippen molar-refractivity contribution in [3.05, 3.63) is 27.4 Å². The highest BCUT2D eigenvalue weighted by atomic mass is 79.9. The highest BCUT2D eigenvalue weighted by molar-refractivity contribution is 9.10. The molecule has 0 atom stereocenters. The van der Waals surface area contributed by atoms with Crippen LogP contribution in [0.2, 0.25) is 5.02 Å². The fourth-order valence-corrected chi connectivity index (χ4v) is 1.84. The van der Waals surface area contributed by atoms with Crippen LogP contribution in [0.3, 0.4) is 0 Å². The lowest BCUT2D eigenvalue weighted by atomic mass is 10.2. The Hall–Kier alpha value is -0.280. The molecule has 0 aromatic heterocycles. The highest BCUT2D eigenvalue weighted by Crippen LogP contribution is 2.34. The van der Waals surface area contributed by atoms with Crippen LogP contribution in [0.1, 0.15) is 13.8 Å². The van der Waals surface area contributed by atoms with Crippen molar-refractivity contribution in [1.29, 1.82) is 0 Å². The number of ether oxygens (including phenoxy) is 1. The Balaban J connectivity index is 2.86. The van der Waals surface area contributed by atoms with Crippen LogP contribution >= 0.6 is 27.5 Å². The van der Waals surface area contributed by atoms with Crippen LogP contribution in [0.5, 0.6) is 5.75 Å². The lowest BCUT2D eigenvalue weighted by molar-refractivity contribution is 0.269. The van der Waals surface area contributed by atoms with Crippen molar-refractivity contribution < 1.29 is 9.13 Å². The van der Waals surface area contributed by atoms with Gasteiger partial charge >= 0.3 is 0 Å². The van der Waals surface area contributed by atoms with Crippen molar-refractivity contribution in [3.8, 4) is 5.75 Å². The third kappa shape index (κ3) is 3.14. The molecular formula is C10H11BrClFO. The Morgan fingerprint density at radius 2 is 2.14 bits per heavy atom. The van der Waals surface area contributed by atoms with Gasteiger partial charge < -0.3 is 4.74 Å². The van der Waals surface area contributed by atoms with Gasteiger partial charge in [0.05, 0.1) is 16.1 Å². The molecule has 1 rings (SSSR count). The Kier molecular flexibility index (Phi) is 4.20. The van der Waals surface area contributed by atoms with Gasteiger partial charge in [0.1, 0.15) is 5.82 Å². The van der Waals surface area contributed by atoms with E-state index in [2.05, 4.69) is 15.9 Å². The average molecular weight is 282 g/mol. The number of hydrogen-bond donors (Lipinski definition) is 0. The van der Waals surface area contributed by atoms with Crippen LogP contribution in [-0.4, -0.2) is 6.61 Å². The highest BCUT2D eigenvalue weighted by Gasteiger charge is 2.09. The lowest BCUT2D eigenvalue weighted by Crippen LogP contribution is -2.05. The molecule has 1 nitrogen and oxygen atoms in total. The molecule has 4 heteroatoms. The molecule has 0 unspecified atom stereocenters. The maximum Gasteiger partial charge on any atom is 0.152 e. The van der Waals surface area contributed by atoms with Crippen molar-refractivity contribution in [2.75, 3.05) is 6.61 Å². The molecular weight excluding hydrogens is 270 g/mol. The summed E-state index contributed by atoms with van der Waals surface area (Å²) in [6.07, 6.45) is 0. The predicted molar refractivity (Wildman–Crippen MR) is 59.4 cm³/mol. The van der Waals surface area contributed by atoms with E-state index in [1.165, 1.54) is 12.1 Å². The van der Waals surface area contributed by atoms with E-state index >= 15 is 0 Å². The largest absolute Gasteiger partial charge is 0.491 e. The molecule has 0 spiro atoms. The summed E-state index contributed by atoms with van der Waals surface area (Å²) in [5.41, 5.74) is 0. The summed E-state index contributed by atoms with van der Waals surface area (Å²) >= 11 is 9.02. The van der Waals surface area contributed by atoms with E-state index in [0.29, 0.717) is 22.7 Å². The zero-order valence-electron chi connectivity index (χ0n) is 7.98. The maximum absolute atomic E-state index is 12.8. The SMILES string of the molecule is CC(C)COc1c(Cl)cc(F)cc1Br. The van der Waals surface area contributed by atoms with Crippen LogP contribution in [0.15, 0.2) is 16.6 Å². The standard InChI is InChI=1S/C10H11BrClFO/c1-6(2)5-14-10-8(11)3-7(13)4-9(10)12/h3-4,6H,5H2,1-2H3. The molecule has 0 saturated heterocycles. The van der Waals surface area contributed by atoms with Crippen molar-refractivity contribution in [3.63, 3.8) is 0 Å². The Morgan fingerprint density at radius 1 is 1.50 bits per heavy atom. The van der Waals surface area contributed by atoms with Gasteiger partial charge in [-0.15, -0.1) is 0 Å². The van der Waals surface area contributed by atoms with Gasteiger partial charge in [0.2, 0.25) is 0 Å². The lowest BCUT2D eigenvalue weighted by Gasteiger charge is -2.11. The summed E-state index contributed by atoms with van der Waals surface area (Å²) in [7, 11) is 0. The van der Waals surface area contributed by atoms with Gasteiger partial charge in [-0.1, -0.05) is 25.4 Å². The van der Waals surface area contributed by atoms with E-state index in [4.69, 9.17) is 16.3 Å². The molecule has 0 heterocycles. The first-order chi connectivity index (χ1) is 6.50. The summed E-state index contributed by atoms with van der Waals surface area (Å²) in [5.74, 6) is 0.531. The first-order valence-corrected chi connectivity index (χ1v) is 5.45. The minimum atomic E-state index is -0.376. The molecule has 0 N–H and O–H groups in total. The predicted octanol–water partition coefficient (Wildman–Crippen LogP) is 4.28. The molecule has 0 aliphatic rings. The molecule has 0 amide bonds. The second-order valence-corrected chi connectivity index (χ2v) is 4.66. The topological polar surface area (TPSA) is 9.23 Å². The minimum absolute atomic E-state index is 0.289. The van der Waals surface area contributed by atoms with E-state index in [1.807, 2.05) is 13.8 Å². The number of hydrogen-bond acceptors (Lipinski definition) is 1. The molecule has 78 valence electrons. The Morgan fingerprint density at radius 3 is 2.64 bits per heavy atom. The Labute approximate surface area is 96.3 Å². The first kappa shape index (κ1) is 11.8. The molecule has 0 saturated carbocycles. The zero-order chi connectivity index (χ0) is 10.7. The monoisotopic (exact) mass is 280 g/mol. The van der Waals surface area contributed by atoms with Crippen LogP contribution in [-0.2, 0) is 0 Å². The maximum atomic E-state index is 12.8. The zero-order valence-corrected chi connectivity index (χ0v) is 10.3. The van der Waals surface area contributed by atoms with Crippen molar-refractivity contribution in [2.45, 2.75) is 13.8 Å². The molecule has 1 aromatic carbocycles. The van der Waals surface area contributed by atoms with Crippen molar-refractivity contribution >= 4 is 27.5 Å². The van der Waals surface area contributed by atoms with E-state index in [-0.39, 0.29) is 10.8 Å². The van der Waals surface area contributed by atoms with Crippen LogP contribution in [0.25, 0.3) is 0 Å². The third-order valence-electron chi connectivity index (χ3n) is 1.52. The van der Waals surface area contributed by atoms with Gasteiger partial charge in [0.15, 0.2) is 5.75 Å². The summed E-state index contributed by atoms with van der Waals surface area (Å²) in [6, 6.07) is 2.57. The molecule has 1 aromatic rings. The normalized spacial score (nSPS) is 10.7. The molecule has 0 radical (unpaired) electrons. The van der Waals surface area contributed by atoms with E-state index in [9.17, 15) is 4.39 Å². The van der Waals surface area contributed by atoms with E-state index in [1.54, 1.807) is 0 Å². The van der Waals surface area contributed by atoms with Gasteiger partial charge in [-0.25, -0.2) is 4.39 Å². The fourth-order valence-electron chi connectivity index (χ4n) is 0.917. The number of rotatable bonds is 3. The van der Waals surface area contributed by atoms with Crippen LogP contribution < -0.4 is 4.74 Å². The van der Waals surface area contributed by atoms with Crippen molar-refractivity contribution in [2.24, 2.45) is 5.92 Å². The Bertz CT molecular complexity index is 305. The second-order valence-electron chi connectivity index (χ2n) is 3.40. The van der Waals surface area contributed by atoms with Crippen LogP contribution in [0, 0.1) is 11.7 Å². The molecule has 0 bridgehead atoms. The van der Waals surface area contributed by atoms with Gasteiger partial charge in [0, 0.05) is 0 Å². The average Bonchev–Trinajstić information content (AvgIpc) is 2.01. The number of halogens is 3. The summed E-state index contributed by atoms with van der Waals surface area (Å²) in [5, 5.41) is 0.289. The van der Waals surface area contributed by atoms with E-state index < -0.39 is 0 Å². The summed E-state index contributed by atoms with van der Waals surface area (Å²) in [6.45, 7) is 4.63. The fraction of sp³-hybridized carbons (Fsp3) is 0.400. The second kappa shape index (κ2) is 4.99. The van der Waals surface area contributed by atoms with Gasteiger partial charge in [-0.05, 0) is 34.0 Å². The van der Waals surface area contributed by atoms with Crippen molar-refractivity contribution in [1.82, 2.24) is 0 Å². The van der Waals surface area contributed by atoms with Gasteiger partial charge in [-0.2, -0.15) is 0 Å². The first-order valence-electron chi connectivity index (χ1n) is 4.28. The molecule has 0 fully saturated rings. The quantitative estimate of drug-likeness (QED) is 0.803. The van der Waals surface area contributed by atoms with Gasteiger partial charge in [-0.3, -0.25) is 0 Å². The van der Waals surface area contributed by atoms with Gasteiger partial charge in [0.25, 0.3) is 0 Å². The third-order valence-corrected chi connectivity index (χ3v) is 2.39. The minimum Gasteiger partial charge on any atom is -0.491 e.